The monoisotopic (exact) mass is 291 g/mol. The zero-order valence-corrected chi connectivity index (χ0v) is 11.4. The molecule has 4 nitrogen and oxygen atoms in total. The molecule has 0 spiro atoms. The van der Waals surface area contributed by atoms with E-state index in [4.69, 9.17) is 22.4 Å². The van der Waals surface area contributed by atoms with Crippen LogP contribution in [0.5, 0.6) is 0 Å². The molecule has 104 valence electrons. The quantitative estimate of drug-likeness (QED) is 0.660. The van der Waals surface area contributed by atoms with Crippen LogP contribution in [0, 0.1) is 0 Å². The van der Waals surface area contributed by atoms with Crippen molar-refractivity contribution in [1.29, 1.82) is 0 Å². The molecule has 0 fully saturated rings. The number of hydrogen-bond donors (Lipinski definition) is 2. The van der Waals surface area contributed by atoms with Crippen molar-refractivity contribution in [3.05, 3.63) is 59.3 Å². The summed E-state index contributed by atoms with van der Waals surface area (Å²) in [5, 5.41) is 8.86. The first kappa shape index (κ1) is 14.3. The molecule has 1 unspecified atom stereocenters. The van der Waals surface area contributed by atoms with Crippen LogP contribution in [0.1, 0.15) is 23.2 Å². The van der Waals surface area contributed by atoms with Crippen molar-refractivity contribution in [2.24, 2.45) is 5.73 Å². The molecule has 5 heteroatoms. The highest BCUT2D eigenvalue weighted by Crippen LogP contribution is 2.34. The maximum atomic E-state index is 12.5. The summed E-state index contributed by atoms with van der Waals surface area (Å²) < 4.78 is 0. The van der Waals surface area contributed by atoms with Crippen LogP contribution < -0.4 is 5.73 Å². The Morgan fingerprint density at radius 3 is 2.55 bits per heavy atom. The number of alkyl halides is 1. The van der Waals surface area contributed by atoms with Crippen LogP contribution in [0.2, 0.25) is 0 Å². The largest absolute Gasteiger partial charge is 0.481 e. The third kappa shape index (κ3) is 2.91. The van der Waals surface area contributed by atoms with E-state index in [0.29, 0.717) is 16.8 Å². The minimum atomic E-state index is -1.27. The van der Waals surface area contributed by atoms with Crippen LogP contribution in [0.25, 0.3) is 0 Å². The summed E-state index contributed by atoms with van der Waals surface area (Å²) >= 11 is 6.38. The maximum absolute atomic E-state index is 12.5. The number of carbonyl (C=O) groups excluding carboxylic acids is 1. The van der Waals surface area contributed by atoms with E-state index in [1.54, 1.807) is 30.3 Å². The predicted octanol–water partition coefficient (Wildman–Crippen LogP) is 2.49. The average molecular weight is 292 g/mol. The molecular weight excluding hydrogens is 278 g/mol. The van der Waals surface area contributed by atoms with Gasteiger partial charge in [-0.3, -0.25) is 9.59 Å². The first-order valence-corrected chi connectivity index (χ1v) is 6.48. The minimum absolute atomic E-state index is 0.247. The summed E-state index contributed by atoms with van der Waals surface area (Å²) in [5.41, 5.74) is 6.98. The summed E-state index contributed by atoms with van der Waals surface area (Å²) in [4.78, 5) is 22.0. The number of rotatable bonds is 4. The lowest BCUT2D eigenvalue weighted by Crippen LogP contribution is -2.33. The number of benzene rings is 1. The molecule has 1 aromatic carbocycles. The third-order valence-corrected chi connectivity index (χ3v) is 3.58. The van der Waals surface area contributed by atoms with Crippen LogP contribution in [0.3, 0.4) is 0 Å². The Morgan fingerprint density at radius 1 is 1.30 bits per heavy atom. The van der Waals surface area contributed by atoms with Crippen molar-refractivity contribution < 1.29 is 14.7 Å². The van der Waals surface area contributed by atoms with E-state index >= 15 is 0 Å². The Hall–Kier alpha value is -2.07. The number of ketones is 1. The molecule has 0 heterocycles. The molecule has 3 N–H and O–H groups in total. The molecule has 0 aromatic heterocycles. The van der Waals surface area contributed by atoms with Crippen molar-refractivity contribution in [2.45, 2.75) is 17.7 Å². The number of nitrogens with two attached hydrogens (primary N) is 1. The van der Waals surface area contributed by atoms with Crippen LogP contribution in [-0.2, 0) is 4.79 Å². The van der Waals surface area contributed by atoms with Gasteiger partial charge in [0.25, 0.3) is 0 Å². The Balaban J connectivity index is 2.33. The molecule has 20 heavy (non-hydrogen) atoms. The summed E-state index contributed by atoms with van der Waals surface area (Å²) in [6.07, 6.45) is 3.07. The average Bonchev–Trinajstić information content (AvgIpc) is 2.43. The standard InChI is InChI=1S/C15H14ClNO3/c16-15(14(20)10-4-2-1-3-5-10)7-6-12(17)11(9-15)8-13(18)19/h1-6,9H,7-8,17H2,(H,18,19). The van der Waals surface area contributed by atoms with Gasteiger partial charge in [0.15, 0.2) is 5.78 Å². The molecule has 2 rings (SSSR count). The zero-order chi connectivity index (χ0) is 14.8. The fraction of sp³-hybridized carbons (Fsp3) is 0.200. The maximum Gasteiger partial charge on any atom is 0.307 e. The van der Waals surface area contributed by atoms with E-state index in [-0.39, 0.29) is 18.6 Å². The Morgan fingerprint density at radius 2 is 1.95 bits per heavy atom. The summed E-state index contributed by atoms with van der Waals surface area (Å²) in [7, 11) is 0. The van der Waals surface area contributed by atoms with Gasteiger partial charge in [-0.2, -0.15) is 0 Å². The SMILES string of the molecule is NC1=CCC(Cl)(C(=O)c2ccccc2)C=C1CC(=O)O. The molecular formula is C15H14ClNO3. The number of carboxylic acid groups (broad SMARTS) is 1. The fourth-order valence-corrected chi connectivity index (χ4v) is 2.43. The highest BCUT2D eigenvalue weighted by molar-refractivity contribution is 6.39. The van der Waals surface area contributed by atoms with Crippen LogP contribution in [-0.4, -0.2) is 21.7 Å². The number of Topliss-reactive ketones (excluding diaryl/α,β-unsaturated/α-hetero) is 1. The van der Waals surface area contributed by atoms with Crippen molar-refractivity contribution in [3.8, 4) is 0 Å². The van der Waals surface area contributed by atoms with E-state index in [0.717, 1.165) is 0 Å². The molecule has 0 amide bonds. The van der Waals surface area contributed by atoms with Crippen molar-refractivity contribution in [1.82, 2.24) is 0 Å². The zero-order valence-electron chi connectivity index (χ0n) is 10.7. The lowest BCUT2D eigenvalue weighted by Gasteiger charge is -2.26. The van der Waals surface area contributed by atoms with Gasteiger partial charge in [0, 0.05) is 11.3 Å². The van der Waals surface area contributed by atoms with E-state index in [2.05, 4.69) is 0 Å². The number of carbonyl (C=O) groups is 2. The molecule has 0 radical (unpaired) electrons. The van der Waals surface area contributed by atoms with Gasteiger partial charge in [-0.05, 0) is 18.1 Å². The van der Waals surface area contributed by atoms with E-state index < -0.39 is 10.8 Å². The topological polar surface area (TPSA) is 80.4 Å². The Kier molecular flexibility index (Phi) is 3.95. The van der Waals surface area contributed by atoms with Crippen LogP contribution in [0.15, 0.2) is 53.8 Å². The first-order chi connectivity index (χ1) is 9.42. The van der Waals surface area contributed by atoms with Crippen molar-refractivity contribution in [2.75, 3.05) is 0 Å². The Bertz CT molecular complexity index is 607. The lowest BCUT2D eigenvalue weighted by molar-refractivity contribution is -0.136. The summed E-state index contributed by atoms with van der Waals surface area (Å²) in [5.74, 6) is -1.27. The molecule has 1 aromatic rings. The highest BCUT2D eigenvalue weighted by atomic mass is 35.5. The molecule has 0 saturated carbocycles. The Labute approximate surface area is 121 Å². The lowest BCUT2D eigenvalue weighted by atomic mass is 9.86. The molecule has 1 aliphatic rings. The summed E-state index contributed by atoms with van der Waals surface area (Å²) in [6, 6.07) is 8.67. The van der Waals surface area contributed by atoms with Gasteiger partial charge in [0.05, 0.1) is 6.42 Å². The van der Waals surface area contributed by atoms with Gasteiger partial charge in [-0.25, -0.2) is 0 Å². The smallest absolute Gasteiger partial charge is 0.307 e. The molecule has 1 aliphatic carbocycles. The predicted molar refractivity (Wildman–Crippen MR) is 76.6 cm³/mol. The summed E-state index contributed by atoms with van der Waals surface area (Å²) in [6.45, 7) is 0. The third-order valence-electron chi connectivity index (χ3n) is 3.15. The number of aliphatic carboxylic acids is 1. The number of halogens is 1. The van der Waals surface area contributed by atoms with Crippen LogP contribution >= 0.6 is 11.6 Å². The van der Waals surface area contributed by atoms with Crippen LogP contribution in [0.4, 0.5) is 0 Å². The normalized spacial score (nSPS) is 21.9. The number of carboxylic acids is 1. The second-order valence-corrected chi connectivity index (χ2v) is 5.34. The van der Waals surface area contributed by atoms with Gasteiger partial charge in [0.1, 0.15) is 4.87 Å². The molecule has 0 saturated heterocycles. The van der Waals surface area contributed by atoms with Gasteiger partial charge in [0.2, 0.25) is 0 Å². The van der Waals surface area contributed by atoms with Gasteiger partial charge in [-0.1, -0.05) is 36.4 Å². The van der Waals surface area contributed by atoms with E-state index in [9.17, 15) is 9.59 Å². The highest BCUT2D eigenvalue weighted by Gasteiger charge is 2.36. The van der Waals surface area contributed by atoms with Crippen molar-refractivity contribution in [3.63, 3.8) is 0 Å². The molecule has 0 bridgehead atoms. The van der Waals surface area contributed by atoms with Gasteiger partial charge in [-0.15, -0.1) is 11.6 Å². The molecule has 0 aliphatic heterocycles. The first-order valence-electron chi connectivity index (χ1n) is 6.11. The van der Waals surface area contributed by atoms with Gasteiger partial charge < -0.3 is 10.8 Å². The van der Waals surface area contributed by atoms with E-state index in [1.807, 2.05) is 6.07 Å². The minimum Gasteiger partial charge on any atom is -0.481 e. The van der Waals surface area contributed by atoms with E-state index in [1.165, 1.54) is 6.08 Å². The second-order valence-electron chi connectivity index (χ2n) is 4.66. The van der Waals surface area contributed by atoms with Gasteiger partial charge >= 0.3 is 5.97 Å². The number of hydrogen-bond acceptors (Lipinski definition) is 3. The second kappa shape index (κ2) is 5.51. The van der Waals surface area contributed by atoms with Crippen molar-refractivity contribution >= 4 is 23.4 Å². The number of allylic oxidation sites excluding steroid dienone is 3. The fourth-order valence-electron chi connectivity index (χ4n) is 2.11. The molecule has 1 atom stereocenters.